The van der Waals surface area contributed by atoms with Crippen LogP contribution in [0, 0.1) is 0 Å². The molecular formula is C20H18N2O5S. The summed E-state index contributed by atoms with van der Waals surface area (Å²) in [4.78, 5) is 30.0. The van der Waals surface area contributed by atoms with Crippen LogP contribution in [0.5, 0.6) is 11.5 Å². The molecule has 0 aliphatic carbocycles. The maximum absolute atomic E-state index is 12.8. The van der Waals surface area contributed by atoms with Crippen molar-refractivity contribution in [1.82, 2.24) is 4.90 Å². The van der Waals surface area contributed by atoms with Gasteiger partial charge in [-0.3, -0.25) is 9.69 Å². The lowest BCUT2D eigenvalue weighted by molar-refractivity contribution is -0.139. The quantitative estimate of drug-likeness (QED) is 0.723. The first-order valence-corrected chi connectivity index (χ1v) is 9.32. The summed E-state index contributed by atoms with van der Waals surface area (Å²) >= 11 is 1.23. The van der Waals surface area contributed by atoms with Gasteiger partial charge in [-0.2, -0.15) is 0 Å². The van der Waals surface area contributed by atoms with E-state index in [-0.39, 0.29) is 11.7 Å². The van der Waals surface area contributed by atoms with Crippen LogP contribution in [-0.2, 0) is 9.59 Å². The summed E-state index contributed by atoms with van der Waals surface area (Å²) in [7, 11) is 0. The molecule has 1 aliphatic heterocycles. The van der Waals surface area contributed by atoms with Gasteiger partial charge in [0.15, 0.2) is 11.8 Å². The van der Waals surface area contributed by atoms with E-state index in [9.17, 15) is 14.7 Å². The number of ether oxygens (including phenoxy) is 1. The molecule has 3 rings (SSSR count). The molecule has 28 heavy (non-hydrogen) atoms. The number of carbonyl (C=O) groups is 2. The minimum absolute atomic E-state index is 0.144. The molecule has 2 N–H and O–H groups in total. The Morgan fingerprint density at radius 1 is 1.21 bits per heavy atom. The summed E-state index contributed by atoms with van der Waals surface area (Å²) in [5, 5.41) is 18.7. The first-order valence-electron chi connectivity index (χ1n) is 8.50. The largest absolute Gasteiger partial charge is 0.508 e. The van der Waals surface area contributed by atoms with E-state index in [1.807, 2.05) is 6.92 Å². The Balaban J connectivity index is 1.90. The van der Waals surface area contributed by atoms with E-state index < -0.39 is 12.6 Å². The van der Waals surface area contributed by atoms with Gasteiger partial charge in [-0.1, -0.05) is 18.2 Å². The molecule has 1 heterocycles. The summed E-state index contributed by atoms with van der Waals surface area (Å²) in [5.41, 5.74) is 1.24. The maximum Gasteiger partial charge on any atom is 0.341 e. The molecule has 2 aromatic rings. The summed E-state index contributed by atoms with van der Waals surface area (Å²) in [5.74, 6) is -0.727. The van der Waals surface area contributed by atoms with Crippen molar-refractivity contribution in [2.45, 2.75) is 6.92 Å². The molecule has 144 valence electrons. The summed E-state index contributed by atoms with van der Waals surface area (Å²) in [6.07, 6.45) is 1.67. The molecule has 0 bridgehead atoms. The second kappa shape index (κ2) is 8.62. The summed E-state index contributed by atoms with van der Waals surface area (Å²) in [6, 6.07) is 13.3. The second-order valence-corrected chi connectivity index (χ2v) is 6.80. The van der Waals surface area contributed by atoms with Gasteiger partial charge in [0.1, 0.15) is 11.5 Å². The van der Waals surface area contributed by atoms with E-state index >= 15 is 0 Å². The van der Waals surface area contributed by atoms with Crippen molar-refractivity contribution < 1.29 is 24.5 Å². The van der Waals surface area contributed by atoms with Gasteiger partial charge in [-0.25, -0.2) is 9.79 Å². The summed E-state index contributed by atoms with van der Waals surface area (Å²) in [6.45, 7) is 1.85. The second-order valence-electron chi connectivity index (χ2n) is 5.79. The molecule has 1 fully saturated rings. The number of benzene rings is 2. The van der Waals surface area contributed by atoms with E-state index in [2.05, 4.69) is 4.99 Å². The molecule has 2 aromatic carbocycles. The van der Waals surface area contributed by atoms with E-state index in [0.29, 0.717) is 33.6 Å². The third-order valence-corrected chi connectivity index (χ3v) is 4.84. The smallest absolute Gasteiger partial charge is 0.341 e. The number of likely N-dealkylation sites (N-methyl/N-ethyl adjacent to an activating group) is 1. The number of phenolic OH excluding ortho intramolecular Hbond substituents is 1. The van der Waals surface area contributed by atoms with Crippen LogP contribution in [0.4, 0.5) is 5.69 Å². The van der Waals surface area contributed by atoms with Crippen LogP contribution in [0.3, 0.4) is 0 Å². The predicted molar refractivity (Wildman–Crippen MR) is 108 cm³/mol. The first kappa shape index (κ1) is 19.5. The SMILES string of the molecule is CCN1C(=O)/C(=C/c2ccccc2OCC(=O)O)SC1=Nc1ccc(O)cc1. The third kappa shape index (κ3) is 4.52. The molecule has 1 aliphatic rings. The Kier molecular flexibility index (Phi) is 6.00. The minimum atomic E-state index is -1.07. The lowest BCUT2D eigenvalue weighted by Crippen LogP contribution is -2.28. The number of amides is 1. The van der Waals surface area contributed by atoms with Crippen molar-refractivity contribution in [3.8, 4) is 11.5 Å². The average molecular weight is 398 g/mol. The average Bonchev–Trinajstić information content (AvgIpc) is 2.97. The van der Waals surface area contributed by atoms with Crippen molar-refractivity contribution in [1.29, 1.82) is 0 Å². The number of aliphatic carboxylic acids is 1. The molecule has 7 nitrogen and oxygen atoms in total. The Bertz CT molecular complexity index is 953. The zero-order valence-electron chi connectivity index (χ0n) is 15.0. The number of aliphatic imine (C=N–C) groups is 1. The molecule has 0 aromatic heterocycles. The highest BCUT2D eigenvalue weighted by Crippen LogP contribution is 2.35. The molecule has 1 saturated heterocycles. The molecule has 8 heteroatoms. The van der Waals surface area contributed by atoms with Gasteiger partial charge in [0.05, 0.1) is 10.6 Å². The number of hydrogen-bond acceptors (Lipinski definition) is 6. The number of rotatable bonds is 6. The van der Waals surface area contributed by atoms with Crippen LogP contribution in [0.25, 0.3) is 6.08 Å². The molecular weight excluding hydrogens is 380 g/mol. The van der Waals surface area contributed by atoms with E-state index in [1.54, 1.807) is 47.4 Å². The van der Waals surface area contributed by atoms with Gasteiger partial charge in [-0.15, -0.1) is 0 Å². The van der Waals surface area contributed by atoms with E-state index in [1.165, 1.54) is 23.9 Å². The standard InChI is InChI=1S/C20H18N2O5S/c1-2-22-19(26)17(28-20(22)21-14-7-9-15(23)10-8-14)11-13-5-3-4-6-16(13)27-12-18(24)25/h3-11,23H,2,12H2,1H3,(H,24,25)/b17-11-,21-20?. The topological polar surface area (TPSA) is 99.4 Å². The van der Waals surface area contributed by atoms with Crippen molar-refractivity contribution in [3.63, 3.8) is 0 Å². The number of carboxylic acids is 1. The first-order chi connectivity index (χ1) is 13.5. The van der Waals surface area contributed by atoms with Crippen LogP contribution in [0.2, 0.25) is 0 Å². The van der Waals surface area contributed by atoms with Gasteiger partial charge in [0.2, 0.25) is 0 Å². The fourth-order valence-corrected chi connectivity index (χ4v) is 3.57. The normalized spacial score (nSPS) is 16.8. The molecule has 0 radical (unpaired) electrons. The van der Waals surface area contributed by atoms with Crippen molar-refractivity contribution >= 4 is 40.6 Å². The number of para-hydroxylation sites is 1. The lowest BCUT2D eigenvalue weighted by Gasteiger charge is -2.12. The minimum Gasteiger partial charge on any atom is -0.508 e. The highest BCUT2D eigenvalue weighted by Gasteiger charge is 2.32. The zero-order chi connectivity index (χ0) is 20.1. The highest BCUT2D eigenvalue weighted by molar-refractivity contribution is 8.18. The lowest BCUT2D eigenvalue weighted by atomic mass is 10.2. The Morgan fingerprint density at radius 2 is 1.93 bits per heavy atom. The number of amidine groups is 1. The van der Waals surface area contributed by atoms with Crippen LogP contribution in [0.1, 0.15) is 12.5 Å². The summed E-state index contributed by atoms with van der Waals surface area (Å²) < 4.78 is 5.30. The molecule has 0 saturated carbocycles. The fourth-order valence-electron chi connectivity index (χ4n) is 2.52. The number of thioether (sulfide) groups is 1. The molecule has 0 spiro atoms. The Morgan fingerprint density at radius 3 is 2.61 bits per heavy atom. The van der Waals surface area contributed by atoms with Crippen LogP contribution >= 0.6 is 11.8 Å². The number of aromatic hydroxyl groups is 1. The number of carbonyl (C=O) groups excluding carboxylic acids is 1. The van der Waals surface area contributed by atoms with E-state index in [0.717, 1.165) is 0 Å². The maximum atomic E-state index is 12.8. The van der Waals surface area contributed by atoms with Crippen LogP contribution in [0.15, 0.2) is 58.4 Å². The van der Waals surface area contributed by atoms with Crippen molar-refractivity contribution in [2.24, 2.45) is 4.99 Å². The van der Waals surface area contributed by atoms with Crippen molar-refractivity contribution in [2.75, 3.05) is 13.2 Å². The van der Waals surface area contributed by atoms with E-state index in [4.69, 9.17) is 9.84 Å². The zero-order valence-corrected chi connectivity index (χ0v) is 15.8. The number of carboxylic acid groups (broad SMARTS) is 1. The predicted octanol–water partition coefficient (Wildman–Crippen LogP) is 3.48. The molecule has 1 amide bonds. The van der Waals surface area contributed by atoms with Gasteiger partial charge < -0.3 is 14.9 Å². The van der Waals surface area contributed by atoms with Gasteiger partial charge in [-0.05, 0) is 55.1 Å². The Hall–Kier alpha value is -3.26. The monoisotopic (exact) mass is 398 g/mol. The number of nitrogens with zero attached hydrogens (tertiary/aromatic N) is 2. The fraction of sp³-hybridized carbons (Fsp3) is 0.150. The van der Waals surface area contributed by atoms with Crippen molar-refractivity contribution in [3.05, 3.63) is 59.0 Å². The number of hydrogen-bond donors (Lipinski definition) is 2. The van der Waals surface area contributed by atoms with Crippen LogP contribution < -0.4 is 4.74 Å². The van der Waals surface area contributed by atoms with Crippen LogP contribution in [-0.4, -0.2) is 45.3 Å². The van der Waals surface area contributed by atoms with Gasteiger partial charge in [0.25, 0.3) is 5.91 Å². The Labute approximate surface area is 166 Å². The van der Waals surface area contributed by atoms with Gasteiger partial charge >= 0.3 is 5.97 Å². The third-order valence-electron chi connectivity index (χ3n) is 3.84. The highest BCUT2D eigenvalue weighted by atomic mass is 32.2. The molecule has 0 unspecified atom stereocenters. The number of phenols is 1. The van der Waals surface area contributed by atoms with Gasteiger partial charge in [0, 0.05) is 12.1 Å². The molecule has 0 atom stereocenters.